The molecule has 0 unspecified atom stereocenters. The van der Waals surface area contributed by atoms with Crippen LogP contribution in [0.1, 0.15) is 12.8 Å². The van der Waals surface area contributed by atoms with Gasteiger partial charge in [-0.25, -0.2) is 18.1 Å². The Morgan fingerprint density at radius 3 is 2.87 bits per heavy atom. The number of rotatable bonds is 7. The highest BCUT2D eigenvalue weighted by molar-refractivity contribution is 7.89. The summed E-state index contributed by atoms with van der Waals surface area (Å²) in [4.78, 5) is 4.48. The molecule has 2 heterocycles. The minimum atomic E-state index is -3.29. The van der Waals surface area contributed by atoms with Crippen molar-refractivity contribution in [3.8, 4) is 0 Å². The van der Waals surface area contributed by atoms with Crippen molar-refractivity contribution >= 4 is 26.7 Å². The molecule has 2 aromatic rings. The van der Waals surface area contributed by atoms with Gasteiger partial charge in [-0.15, -0.1) is 0 Å². The fourth-order valence-electron chi connectivity index (χ4n) is 2.64. The summed E-state index contributed by atoms with van der Waals surface area (Å²) in [5.41, 5.74) is 0.913. The molecule has 124 valence electrons. The van der Waals surface area contributed by atoms with Gasteiger partial charge < -0.3 is 10.1 Å². The second-order valence-corrected chi connectivity index (χ2v) is 7.48. The lowest BCUT2D eigenvalue weighted by Crippen LogP contribution is -2.34. The fourth-order valence-corrected chi connectivity index (χ4v) is 3.92. The number of fused-ring (bicyclic) bond motifs is 1. The molecule has 1 aliphatic heterocycles. The molecule has 2 N–H and O–H groups in total. The average molecular weight is 335 g/mol. The molecule has 0 amide bonds. The van der Waals surface area contributed by atoms with Crippen molar-refractivity contribution in [3.63, 3.8) is 0 Å². The predicted molar refractivity (Wildman–Crippen MR) is 91.0 cm³/mol. The first-order valence-electron chi connectivity index (χ1n) is 7.81. The third-order valence-corrected chi connectivity index (χ3v) is 5.24. The Balaban J connectivity index is 1.46. The first-order chi connectivity index (χ1) is 11.1. The number of ether oxygens (including phenoxy) is 1. The van der Waals surface area contributed by atoms with Crippen LogP contribution in [0.25, 0.3) is 10.9 Å². The van der Waals surface area contributed by atoms with Crippen LogP contribution in [0.3, 0.4) is 0 Å². The Morgan fingerprint density at radius 2 is 2.04 bits per heavy atom. The van der Waals surface area contributed by atoms with Crippen LogP contribution >= 0.6 is 0 Å². The van der Waals surface area contributed by atoms with E-state index in [9.17, 15) is 8.42 Å². The highest BCUT2D eigenvalue weighted by atomic mass is 32.2. The van der Waals surface area contributed by atoms with Crippen molar-refractivity contribution in [2.24, 2.45) is 0 Å². The maximum absolute atomic E-state index is 11.9. The molecule has 0 saturated carbocycles. The number of hydrogen-bond acceptors (Lipinski definition) is 5. The second-order valence-electron chi connectivity index (χ2n) is 5.63. The van der Waals surface area contributed by atoms with E-state index in [1.807, 2.05) is 36.4 Å². The van der Waals surface area contributed by atoms with Gasteiger partial charge in [0, 0.05) is 25.1 Å². The lowest BCUT2D eigenvalue weighted by molar-refractivity contribution is 0.127. The molecule has 6 nitrogen and oxygen atoms in total. The summed E-state index contributed by atoms with van der Waals surface area (Å²) in [6, 6.07) is 11.8. The van der Waals surface area contributed by atoms with Crippen molar-refractivity contribution < 1.29 is 13.2 Å². The maximum atomic E-state index is 11.9. The summed E-state index contributed by atoms with van der Waals surface area (Å²) < 4.78 is 31.8. The molecule has 0 spiro atoms. The van der Waals surface area contributed by atoms with Crippen LogP contribution in [0.5, 0.6) is 0 Å². The summed E-state index contributed by atoms with van der Waals surface area (Å²) in [6.45, 7) is 1.47. The van der Waals surface area contributed by atoms with Crippen molar-refractivity contribution in [2.75, 3.05) is 30.8 Å². The Hall–Kier alpha value is -1.70. The minimum absolute atomic E-state index is 0.0429. The van der Waals surface area contributed by atoms with Gasteiger partial charge in [-0.2, -0.15) is 0 Å². The molecular formula is C16H21N3O3S. The van der Waals surface area contributed by atoms with Gasteiger partial charge in [0.2, 0.25) is 10.0 Å². The molecule has 0 radical (unpaired) electrons. The molecule has 1 aromatic carbocycles. The zero-order valence-corrected chi connectivity index (χ0v) is 13.7. The molecule has 1 aromatic heterocycles. The van der Waals surface area contributed by atoms with Crippen LogP contribution in [0, 0.1) is 0 Å². The lowest BCUT2D eigenvalue weighted by Gasteiger charge is -2.12. The number of benzene rings is 1. The van der Waals surface area contributed by atoms with E-state index in [2.05, 4.69) is 15.0 Å². The quantitative estimate of drug-likeness (QED) is 0.754. The number of pyridine rings is 1. The van der Waals surface area contributed by atoms with Crippen LogP contribution in [-0.2, 0) is 14.8 Å². The number of nitrogens with zero attached hydrogens (tertiary/aromatic N) is 1. The monoisotopic (exact) mass is 335 g/mol. The molecular weight excluding hydrogens is 314 g/mol. The van der Waals surface area contributed by atoms with E-state index in [-0.39, 0.29) is 11.9 Å². The smallest absolute Gasteiger partial charge is 0.214 e. The highest BCUT2D eigenvalue weighted by Crippen LogP contribution is 2.14. The first kappa shape index (κ1) is 16.2. The Bertz CT molecular complexity index is 758. The van der Waals surface area contributed by atoms with E-state index in [1.165, 1.54) is 0 Å². The van der Waals surface area contributed by atoms with Crippen molar-refractivity contribution in [1.29, 1.82) is 0 Å². The number of hydrogen-bond donors (Lipinski definition) is 2. The number of para-hydroxylation sites is 1. The average Bonchev–Trinajstić information content (AvgIpc) is 3.03. The van der Waals surface area contributed by atoms with Crippen molar-refractivity contribution in [2.45, 2.75) is 18.9 Å². The Kier molecular flexibility index (Phi) is 5.09. The van der Waals surface area contributed by atoms with Crippen LogP contribution in [0.15, 0.2) is 36.4 Å². The van der Waals surface area contributed by atoms with Crippen LogP contribution in [0.4, 0.5) is 5.82 Å². The fraction of sp³-hybridized carbons (Fsp3) is 0.438. The van der Waals surface area contributed by atoms with E-state index in [4.69, 9.17) is 4.74 Å². The zero-order valence-electron chi connectivity index (χ0n) is 12.9. The van der Waals surface area contributed by atoms with Crippen LogP contribution in [-0.4, -0.2) is 45.0 Å². The number of sulfonamides is 1. The zero-order chi connectivity index (χ0) is 16.1. The van der Waals surface area contributed by atoms with Gasteiger partial charge in [-0.3, -0.25) is 0 Å². The first-order valence-corrected chi connectivity index (χ1v) is 9.46. The van der Waals surface area contributed by atoms with E-state index in [0.717, 1.165) is 29.6 Å². The van der Waals surface area contributed by atoms with E-state index >= 15 is 0 Å². The number of anilines is 1. The number of aromatic nitrogens is 1. The van der Waals surface area contributed by atoms with Crippen LogP contribution < -0.4 is 10.0 Å². The second kappa shape index (κ2) is 7.25. The van der Waals surface area contributed by atoms with Crippen molar-refractivity contribution in [3.05, 3.63) is 36.4 Å². The molecule has 0 aliphatic carbocycles. The molecule has 1 aliphatic rings. The molecule has 1 atom stereocenters. The minimum Gasteiger partial charge on any atom is -0.377 e. The molecule has 23 heavy (non-hydrogen) atoms. The van der Waals surface area contributed by atoms with Gasteiger partial charge >= 0.3 is 0 Å². The SMILES string of the molecule is O=S(=O)(C[C@@H]1CCCO1)NCCNc1ccc2ccccc2n1. The Labute approximate surface area is 136 Å². The third kappa shape index (κ3) is 4.63. The molecule has 1 saturated heterocycles. The predicted octanol–water partition coefficient (Wildman–Crippen LogP) is 1.75. The van der Waals surface area contributed by atoms with Gasteiger partial charge in [0.1, 0.15) is 5.82 Å². The maximum Gasteiger partial charge on any atom is 0.214 e. The summed E-state index contributed by atoms with van der Waals surface area (Å²) in [7, 11) is -3.29. The van der Waals surface area contributed by atoms with Gasteiger partial charge in [0.15, 0.2) is 0 Å². The van der Waals surface area contributed by atoms with E-state index in [0.29, 0.717) is 19.7 Å². The van der Waals surface area contributed by atoms with Gasteiger partial charge in [0.25, 0.3) is 0 Å². The third-order valence-electron chi connectivity index (χ3n) is 3.78. The molecule has 3 rings (SSSR count). The van der Waals surface area contributed by atoms with Crippen LogP contribution in [0.2, 0.25) is 0 Å². The van der Waals surface area contributed by atoms with Gasteiger partial charge in [-0.1, -0.05) is 18.2 Å². The van der Waals surface area contributed by atoms with Gasteiger partial charge in [-0.05, 0) is 31.0 Å². The molecule has 1 fully saturated rings. The number of nitrogens with one attached hydrogen (secondary N) is 2. The van der Waals surface area contributed by atoms with E-state index < -0.39 is 10.0 Å². The summed E-state index contributed by atoms with van der Waals surface area (Å²) >= 11 is 0. The van der Waals surface area contributed by atoms with E-state index in [1.54, 1.807) is 0 Å². The Morgan fingerprint density at radius 1 is 1.17 bits per heavy atom. The highest BCUT2D eigenvalue weighted by Gasteiger charge is 2.22. The standard InChI is InChI=1S/C16H21N3O3S/c20-23(21,12-14-5-3-11-22-14)18-10-9-17-16-8-7-13-4-1-2-6-15(13)19-16/h1-2,4,6-8,14,18H,3,5,9-12H2,(H,17,19)/t14-/m0/s1. The molecule has 7 heteroatoms. The summed E-state index contributed by atoms with van der Waals surface area (Å²) in [5, 5.41) is 4.21. The normalized spacial score (nSPS) is 18.3. The van der Waals surface area contributed by atoms with Gasteiger partial charge in [0.05, 0.1) is 17.4 Å². The largest absolute Gasteiger partial charge is 0.377 e. The summed E-state index contributed by atoms with van der Waals surface area (Å²) in [5.74, 6) is 0.781. The van der Waals surface area contributed by atoms with Crippen molar-refractivity contribution in [1.82, 2.24) is 9.71 Å². The summed E-state index contributed by atoms with van der Waals surface area (Å²) in [6.07, 6.45) is 1.60. The lowest BCUT2D eigenvalue weighted by atomic mass is 10.2. The molecule has 0 bridgehead atoms. The topological polar surface area (TPSA) is 80.3 Å².